The third kappa shape index (κ3) is 4.04. The van der Waals surface area contributed by atoms with Crippen LogP contribution in [0.1, 0.15) is 17.9 Å². The second-order valence-corrected chi connectivity index (χ2v) is 5.25. The van der Waals surface area contributed by atoms with E-state index in [1.165, 1.54) is 6.07 Å². The van der Waals surface area contributed by atoms with Gasteiger partial charge in [-0.1, -0.05) is 47.6 Å². The van der Waals surface area contributed by atoms with Crippen molar-refractivity contribution in [3.8, 4) is 11.4 Å². The molecule has 1 amide bonds. The predicted molar refractivity (Wildman–Crippen MR) is 86.3 cm³/mol. The van der Waals surface area contributed by atoms with Crippen LogP contribution in [0.4, 0.5) is 4.39 Å². The maximum absolute atomic E-state index is 13.7. The minimum Gasteiger partial charge on any atom is -0.352 e. The van der Waals surface area contributed by atoms with Crippen LogP contribution in [0.25, 0.3) is 11.4 Å². The minimum absolute atomic E-state index is 0.107. The highest BCUT2D eigenvalue weighted by Gasteiger charge is 2.13. The zero-order chi connectivity index (χ0) is 16.8. The summed E-state index contributed by atoms with van der Waals surface area (Å²) in [6, 6.07) is 15.9. The van der Waals surface area contributed by atoms with Crippen LogP contribution in [-0.4, -0.2) is 16.0 Å². The topological polar surface area (TPSA) is 68.0 Å². The third-order valence-corrected chi connectivity index (χ3v) is 3.48. The molecule has 0 bridgehead atoms. The van der Waals surface area contributed by atoms with E-state index in [4.69, 9.17) is 4.52 Å². The van der Waals surface area contributed by atoms with E-state index in [1.54, 1.807) is 18.2 Å². The number of carbonyl (C=O) groups is 1. The number of aromatic nitrogens is 2. The Morgan fingerprint density at radius 3 is 2.62 bits per heavy atom. The van der Waals surface area contributed by atoms with Gasteiger partial charge >= 0.3 is 0 Å². The van der Waals surface area contributed by atoms with Crippen LogP contribution in [0.15, 0.2) is 59.1 Å². The molecule has 0 saturated carbocycles. The van der Waals surface area contributed by atoms with E-state index in [2.05, 4.69) is 15.5 Å². The Morgan fingerprint density at radius 2 is 1.83 bits per heavy atom. The van der Waals surface area contributed by atoms with Gasteiger partial charge in [0.05, 0.1) is 5.56 Å². The Balaban J connectivity index is 1.52. The van der Waals surface area contributed by atoms with Crippen LogP contribution >= 0.6 is 0 Å². The van der Waals surface area contributed by atoms with Crippen LogP contribution in [0, 0.1) is 5.82 Å². The summed E-state index contributed by atoms with van der Waals surface area (Å²) in [7, 11) is 0. The van der Waals surface area contributed by atoms with Crippen molar-refractivity contribution in [1.29, 1.82) is 0 Å². The molecule has 122 valence electrons. The quantitative estimate of drug-likeness (QED) is 0.756. The van der Waals surface area contributed by atoms with Gasteiger partial charge in [-0.3, -0.25) is 4.79 Å². The molecule has 1 N–H and O–H groups in total. The molecule has 2 aromatic carbocycles. The number of hydrogen-bond acceptors (Lipinski definition) is 4. The maximum Gasteiger partial charge on any atom is 0.227 e. The summed E-state index contributed by atoms with van der Waals surface area (Å²) in [5, 5.41) is 6.59. The summed E-state index contributed by atoms with van der Waals surface area (Å²) in [4.78, 5) is 16.0. The van der Waals surface area contributed by atoms with Crippen molar-refractivity contribution in [3.05, 3.63) is 71.9 Å². The summed E-state index contributed by atoms with van der Waals surface area (Å²) in [5.41, 5.74) is 1.31. The summed E-state index contributed by atoms with van der Waals surface area (Å²) in [6.45, 7) is 0.476. The first kappa shape index (κ1) is 15.9. The summed E-state index contributed by atoms with van der Waals surface area (Å²) >= 11 is 0. The highest BCUT2D eigenvalue weighted by molar-refractivity contribution is 5.76. The molecule has 0 fully saturated rings. The lowest BCUT2D eigenvalue weighted by molar-refractivity contribution is -0.121. The number of amides is 1. The SMILES string of the molecule is O=C(CCc1nc(-c2ccccc2F)no1)NCc1ccccc1. The molecule has 3 aromatic rings. The van der Waals surface area contributed by atoms with Gasteiger partial charge in [-0.25, -0.2) is 4.39 Å². The first-order valence-electron chi connectivity index (χ1n) is 7.60. The Hall–Kier alpha value is -3.02. The van der Waals surface area contributed by atoms with Crippen LogP contribution in [0.2, 0.25) is 0 Å². The molecule has 0 saturated heterocycles. The number of carbonyl (C=O) groups excluding carboxylic acids is 1. The molecule has 1 heterocycles. The number of aryl methyl sites for hydroxylation is 1. The summed E-state index contributed by atoms with van der Waals surface area (Å²) in [5.74, 6) is -0.0224. The van der Waals surface area contributed by atoms with Gasteiger partial charge in [0, 0.05) is 19.4 Å². The van der Waals surface area contributed by atoms with E-state index in [0.717, 1.165) is 5.56 Å². The van der Waals surface area contributed by atoms with Gasteiger partial charge in [0.15, 0.2) is 0 Å². The fraction of sp³-hybridized carbons (Fsp3) is 0.167. The zero-order valence-corrected chi connectivity index (χ0v) is 12.9. The lowest BCUT2D eigenvalue weighted by Crippen LogP contribution is -2.22. The molecule has 24 heavy (non-hydrogen) atoms. The molecule has 1 aromatic heterocycles. The molecule has 0 unspecified atom stereocenters. The molecule has 3 rings (SSSR count). The molecule has 0 aliphatic rings. The second-order valence-electron chi connectivity index (χ2n) is 5.25. The fourth-order valence-electron chi connectivity index (χ4n) is 2.21. The van der Waals surface area contributed by atoms with E-state index < -0.39 is 5.82 Å². The van der Waals surface area contributed by atoms with Gasteiger partial charge in [0.25, 0.3) is 0 Å². The van der Waals surface area contributed by atoms with Crippen molar-refractivity contribution in [2.75, 3.05) is 0 Å². The molecule has 0 radical (unpaired) electrons. The highest BCUT2D eigenvalue weighted by atomic mass is 19.1. The van der Waals surface area contributed by atoms with Gasteiger partial charge < -0.3 is 9.84 Å². The van der Waals surface area contributed by atoms with Crippen molar-refractivity contribution in [2.24, 2.45) is 0 Å². The van der Waals surface area contributed by atoms with E-state index >= 15 is 0 Å². The number of rotatable bonds is 6. The van der Waals surface area contributed by atoms with Crippen molar-refractivity contribution in [3.63, 3.8) is 0 Å². The molecule has 5 nitrogen and oxygen atoms in total. The smallest absolute Gasteiger partial charge is 0.227 e. The van der Waals surface area contributed by atoms with Crippen LogP contribution in [0.5, 0.6) is 0 Å². The third-order valence-electron chi connectivity index (χ3n) is 3.48. The number of nitrogens with one attached hydrogen (secondary N) is 1. The molecular weight excluding hydrogens is 309 g/mol. The van der Waals surface area contributed by atoms with Crippen LogP contribution in [-0.2, 0) is 17.8 Å². The fourth-order valence-corrected chi connectivity index (χ4v) is 2.21. The number of hydrogen-bond donors (Lipinski definition) is 1. The Morgan fingerprint density at radius 1 is 1.08 bits per heavy atom. The van der Waals surface area contributed by atoms with E-state index in [0.29, 0.717) is 18.9 Å². The van der Waals surface area contributed by atoms with E-state index in [1.807, 2.05) is 30.3 Å². The Kier molecular flexibility index (Phi) is 4.96. The molecule has 0 atom stereocenters. The normalized spacial score (nSPS) is 10.5. The first-order chi connectivity index (χ1) is 11.7. The molecule has 6 heteroatoms. The van der Waals surface area contributed by atoms with Gasteiger partial charge in [0.1, 0.15) is 5.82 Å². The minimum atomic E-state index is -0.412. The first-order valence-corrected chi connectivity index (χ1v) is 7.60. The lowest BCUT2D eigenvalue weighted by atomic mass is 10.2. The average Bonchev–Trinajstić information content (AvgIpc) is 3.08. The van der Waals surface area contributed by atoms with E-state index in [-0.39, 0.29) is 23.7 Å². The second kappa shape index (κ2) is 7.50. The highest BCUT2D eigenvalue weighted by Crippen LogP contribution is 2.19. The summed E-state index contributed by atoms with van der Waals surface area (Å²) in [6.07, 6.45) is 0.536. The lowest BCUT2D eigenvalue weighted by Gasteiger charge is -2.03. The summed E-state index contributed by atoms with van der Waals surface area (Å²) < 4.78 is 18.8. The number of benzene rings is 2. The van der Waals surface area contributed by atoms with Crippen molar-refractivity contribution in [2.45, 2.75) is 19.4 Å². The number of nitrogens with zero attached hydrogens (tertiary/aromatic N) is 2. The average molecular weight is 325 g/mol. The largest absolute Gasteiger partial charge is 0.352 e. The van der Waals surface area contributed by atoms with Crippen molar-refractivity contribution >= 4 is 5.91 Å². The molecular formula is C18H16FN3O2. The van der Waals surface area contributed by atoms with Crippen LogP contribution < -0.4 is 5.32 Å². The van der Waals surface area contributed by atoms with Crippen LogP contribution in [0.3, 0.4) is 0 Å². The monoisotopic (exact) mass is 325 g/mol. The standard InChI is InChI=1S/C18H16FN3O2/c19-15-9-5-4-8-14(15)18-21-17(24-22-18)11-10-16(23)20-12-13-6-2-1-3-7-13/h1-9H,10-12H2,(H,20,23). The van der Waals surface area contributed by atoms with Crippen molar-refractivity contribution < 1.29 is 13.7 Å². The zero-order valence-electron chi connectivity index (χ0n) is 12.9. The Bertz CT molecular complexity index is 818. The van der Waals surface area contributed by atoms with Gasteiger partial charge in [-0.15, -0.1) is 0 Å². The molecule has 0 aliphatic carbocycles. The van der Waals surface area contributed by atoms with Gasteiger partial charge in [0.2, 0.25) is 17.6 Å². The molecule has 0 spiro atoms. The van der Waals surface area contributed by atoms with E-state index in [9.17, 15) is 9.18 Å². The predicted octanol–water partition coefficient (Wildman–Crippen LogP) is 3.12. The molecule has 0 aliphatic heterocycles. The number of halogens is 1. The van der Waals surface area contributed by atoms with Crippen molar-refractivity contribution in [1.82, 2.24) is 15.5 Å². The maximum atomic E-state index is 13.7. The van der Waals surface area contributed by atoms with Gasteiger partial charge in [-0.05, 0) is 17.7 Å². The Labute approximate surface area is 138 Å². The van der Waals surface area contributed by atoms with Gasteiger partial charge in [-0.2, -0.15) is 4.98 Å².